The maximum Gasteiger partial charge on any atom is 0.192 e. The summed E-state index contributed by atoms with van der Waals surface area (Å²) in [6.07, 6.45) is 7.99. The molecule has 1 saturated carbocycles. The summed E-state index contributed by atoms with van der Waals surface area (Å²) in [5, 5.41) is 0.101. The first-order valence-corrected chi connectivity index (χ1v) is 15.2. The lowest BCUT2D eigenvalue weighted by atomic mass is 9.64. The van der Waals surface area contributed by atoms with Gasteiger partial charge in [-0.1, -0.05) is 27.7 Å². The Hall–Kier alpha value is -1.08. The molecule has 0 aromatic heterocycles. The van der Waals surface area contributed by atoms with Crippen LogP contribution in [0.2, 0.25) is 18.1 Å². The summed E-state index contributed by atoms with van der Waals surface area (Å²) in [6.45, 7) is 15.0. The molecule has 1 spiro atoms. The van der Waals surface area contributed by atoms with Gasteiger partial charge in [0.05, 0.1) is 18.6 Å². The van der Waals surface area contributed by atoms with E-state index in [0.717, 1.165) is 44.0 Å². The van der Waals surface area contributed by atoms with Gasteiger partial charge in [0, 0.05) is 19.4 Å². The van der Waals surface area contributed by atoms with Crippen LogP contribution in [0.15, 0.2) is 22.8 Å². The minimum Gasteiger partial charge on any atom is -0.416 e. The van der Waals surface area contributed by atoms with Crippen LogP contribution in [0.25, 0.3) is 0 Å². The second-order valence-corrected chi connectivity index (χ2v) is 16.7. The maximum atomic E-state index is 13.1. The molecule has 178 valence electrons. The van der Waals surface area contributed by atoms with E-state index in [1.807, 2.05) is 0 Å². The average Bonchev–Trinajstić information content (AvgIpc) is 3.30. The molecule has 1 heterocycles. The molecule has 3 atom stereocenters. The molecule has 32 heavy (non-hydrogen) atoms. The summed E-state index contributed by atoms with van der Waals surface area (Å²) in [5.41, 5.74) is 2.77. The van der Waals surface area contributed by atoms with Gasteiger partial charge in [0.25, 0.3) is 0 Å². The Labute approximate surface area is 194 Å². The third-order valence-electron chi connectivity index (χ3n) is 9.04. The van der Waals surface area contributed by atoms with Crippen molar-refractivity contribution in [2.75, 3.05) is 19.8 Å². The third kappa shape index (κ3) is 4.02. The fourth-order valence-corrected chi connectivity index (χ4v) is 6.97. The summed E-state index contributed by atoms with van der Waals surface area (Å²) >= 11 is 0. The van der Waals surface area contributed by atoms with E-state index in [2.05, 4.69) is 46.9 Å². The predicted octanol–water partition coefficient (Wildman–Crippen LogP) is 5.36. The number of ketones is 1. The molecule has 4 aliphatic rings. The lowest BCUT2D eigenvalue weighted by Crippen LogP contribution is -2.47. The van der Waals surface area contributed by atoms with E-state index in [-0.39, 0.29) is 16.9 Å². The van der Waals surface area contributed by atoms with Crippen LogP contribution in [-0.2, 0) is 23.5 Å². The van der Waals surface area contributed by atoms with Crippen molar-refractivity contribution >= 4 is 20.4 Å². The van der Waals surface area contributed by atoms with Crippen LogP contribution in [0.5, 0.6) is 0 Å². The minimum absolute atomic E-state index is 0.101. The highest BCUT2D eigenvalue weighted by Gasteiger charge is 2.53. The van der Waals surface area contributed by atoms with Crippen LogP contribution in [-0.4, -0.2) is 46.0 Å². The Morgan fingerprint density at radius 2 is 1.84 bits per heavy atom. The average molecular weight is 461 g/mol. The standard InChI is InChI=1S/C26H40O5Si/c1-24(2,3)32(5,6)31-17-25(4)22(9-10-23(25)28)20-8-7-18-15-26(29-13-14-30-26)12-11-19(18)21(20)16-27/h15-16,20,22H,7-14,17H2,1-6H3/t20?,22?,25-/m0/s1. The van der Waals surface area contributed by atoms with Crippen LogP contribution in [0, 0.1) is 17.3 Å². The van der Waals surface area contributed by atoms with Crippen LogP contribution in [0.4, 0.5) is 0 Å². The number of ether oxygens (including phenoxy) is 2. The Morgan fingerprint density at radius 1 is 1.16 bits per heavy atom. The normalized spacial score (nSPS) is 32.9. The lowest BCUT2D eigenvalue weighted by Gasteiger charge is -2.43. The van der Waals surface area contributed by atoms with Crippen LogP contribution >= 0.6 is 0 Å². The Balaban J connectivity index is 1.61. The summed E-state index contributed by atoms with van der Waals surface area (Å²) in [6, 6.07) is 0. The number of hydrogen-bond acceptors (Lipinski definition) is 5. The fraction of sp³-hybridized carbons (Fsp3) is 0.769. The number of allylic oxidation sites excluding steroid dienone is 3. The molecule has 5 nitrogen and oxygen atoms in total. The van der Waals surface area contributed by atoms with Gasteiger partial charge in [-0.25, -0.2) is 0 Å². The van der Waals surface area contributed by atoms with E-state index in [1.54, 1.807) is 0 Å². The fourth-order valence-electron chi connectivity index (χ4n) is 5.88. The van der Waals surface area contributed by atoms with Crippen molar-refractivity contribution < 1.29 is 23.5 Å². The quantitative estimate of drug-likeness (QED) is 0.408. The van der Waals surface area contributed by atoms with Gasteiger partial charge in [0.15, 0.2) is 14.1 Å². The van der Waals surface area contributed by atoms with Crippen molar-refractivity contribution in [2.24, 2.45) is 17.3 Å². The number of rotatable bonds is 5. The summed E-state index contributed by atoms with van der Waals surface area (Å²) in [5.74, 6) is -0.00951. The van der Waals surface area contributed by atoms with Crippen LogP contribution in [0.1, 0.15) is 66.2 Å². The van der Waals surface area contributed by atoms with E-state index in [9.17, 15) is 9.59 Å². The molecule has 0 amide bonds. The zero-order chi connectivity index (χ0) is 23.4. The van der Waals surface area contributed by atoms with Gasteiger partial charge in [-0.15, -0.1) is 0 Å². The predicted molar refractivity (Wildman–Crippen MR) is 127 cm³/mol. The van der Waals surface area contributed by atoms with E-state index >= 15 is 0 Å². The van der Waals surface area contributed by atoms with Gasteiger partial charge in [0.1, 0.15) is 12.1 Å². The van der Waals surface area contributed by atoms with Crippen LogP contribution < -0.4 is 0 Å². The van der Waals surface area contributed by atoms with Crippen molar-refractivity contribution in [1.29, 1.82) is 0 Å². The van der Waals surface area contributed by atoms with E-state index in [1.165, 1.54) is 11.1 Å². The number of aldehydes is 1. The summed E-state index contributed by atoms with van der Waals surface area (Å²) < 4.78 is 18.4. The number of hydrogen-bond donors (Lipinski definition) is 0. The van der Waals surface area contributed by atoms with Crippen molar-refractivity contribution in [3.63, 3.8) is 0 Å². The highest BCUT2D eigenvalue weighted by Crippen LogP contribution is 2.53. The molecule has 3 aliphatic carbocycles. The van der Waals surface area contributed by atoms with Gasteiger partial charge >= 0.3 is 0 Å². The Kier molecular flexibility index (Phi) is 6.24. The van der Waals surface area contributed by atoms with E-state index < -0.39 is 19.5 Å². The van der Waals surface area contributed by atoms with Gasteiger partial charge in [-0.2, -0.15) is 0 Å². The highest BCUT2D eigenvalue weighted by molar-refractivity contribution is 6.74. The molecule has 2 unspecified atom stereocenters. The molecule has 4 rings (SSSR count). The van der Waals surface area contributed by atoms with Gasteiger partial charge in [0.2, 0.25) is 0 Å². The summed E-state index contributed by atoms with van der Waals surface area (Å²) in [4.78, 5) is 25.5. The Morgan fingerprint density at radius 3 is 2.47 bits per heavy atom. The van der Waals surface area contributed by atoms with Gasteiger partial charge in [-0.3, -0.25) is 9.59 Å². The smallest absolute Gasteiger partial charge is 0.192 e. The van der Waals surface area contributed by atoms with Gasteiger partial charge in [-0.05, 0) is 78.4 Å². The van der Waals surface area contributed by atoms with Crippen molar-refractivity contribution in [3.8, 4) is 0 Å². The molecule has 1 aliphatic heterocycles. The second-order valence-electron chi connectivity index (χ2n) is 11.9. The molecule has 0 N–H and O–H groups in total. The topological polar surface area (TPSA) is 61.8 Å². The minimum atomic E-state index is -1.97. The SMILES string of the molecule is CC(C)(C)[Si](C)(C)OC[C@]1(C)C(=O)CCC1C1CCC2=CC3(CCC2=C1C=O)OCCO3. The van der Waals surface area contributed by atoms with Gasteiger partial charge < -0.3 is 13.9 Å². The molecule has 2 fully saturated rings. The van der Waals surface area contributed by atoms with Crippen molar-refractivity contribution in [1.82, 2.24) is 0 Å². The third-order valence-corrected chi connectivity index (χ3v) is 13.5. The van der Waals surface area contributed by atoms with E-state index in [0.29, 0.717) is 32.0 Å². The first-order chi connectivity index (χ1) is 14.9. The zero-order valence-electron chi connectivity index (χ0n) is 20.7. The molecule has 0 bridgehead atoms. The number of carbonyl (C=O) groups excluding carboxylic acids is 2. The monoisotopic (exact) mass is 460 g/mol. The van der Waals surface area contributed by atoms with Crippen molar-refractivity contribution in [3.05, 3.63) is 22.8 Å². The largest absolute Gasteiger partial charge is 0.416 e. The van der Waals surface area contributed by atoms with E-state index in [4.69, 9.17) is 13.9 Å². The molecule has 0 aromatic carbocycles. The summed E-state index contributed by atoms with van der Waals surface area (Å²) in [7, 11) is -1.97. The molecular weight excluding hydrogens is 420 g/mol. The molecule has 6 heteroatoms. The molecule has 0 radical (unpaired) electrons. The second kappa shape index (κ2) is 8.29. The first kappa shape index (κ1) is 24.1. The van der Waals surface area contributed by atoms with Crippen molar-refractivity contribution in [2.45, 2.75) is 90.1 Å². The maximum absolute atomic E-state index is 13.1. The highest BCUT2D eigenvalue weighted by atomic mass is 28.4. The lowest BCUT2D eigenvalue weighted by molar-refractivity contribution is -0.129. The Bertz CT molecular complexity index is 843. The molecule has 0 aromatic rings. The number of carbonyl (C=O) groups is 2. The van der Waals surface area contributed by atoms with Crippen LogP contribution in [0.3, 0.4) is 0 Å². The molecule has 1 saturated heterocycles. The first-order valence-electron chi connectivity index (χ1n) is 12.3. The number of fused-ring (bicyclic) bond motifs is 1. The number of Topliss-reactive ketones (excluding diaryl/α,β-unsaturated/α-hetero) is 1. The zero-order valence-corrected chi connectivity index (χ0v) is 21.7. The molecular formula is C26H40O5Si.